The Morgan fingerprint density at radius 1 is 1.04 bits per heavy atom. The van der Waals surface area contributed by atoms with Crippen LogP contribution in [0.25, 0.3) is 22.6 Å². The summed E-state index contributed by atoms with van der Waals surface area (Å²) >= 11 is 0. The highest BCUT2D eigenvalue weighted by Gasteiger charge is 2.33. The van der Waals surface area contributed by atoms with Crippen LogP contribution in [0.1, 0.15) is 0 Å². The molecular formula is C15H8F3N4O. The van der Waals surface area contributed by atoms with Gasteiger partial charge < -0.3 is 4.74 Å². The molecule has 0 spiro atoms. The first kappa shape index (κ1) is 14.9. The molecule has 0 bridgehead atoms. The number of aromatic nitrogens is 4. The highest BCUT2D eigenvalue weighted by molar-refractivity contribution is 5.83. The topological polar surface area (TPSA) is 60.8 Å². The van der Waals surface area contributed by atoms with E-state index in [9.17, 15) is 13.2 Å². The summed E-state index contributed by atoms with van der Waals surface area (Å²) in [5.41, 5.74) is 0.747. The first-order valence-corrected chi connectivity index (χ1v) is 6.39. The van der Waals surface area contributed by atoms with Crippen molar-refractivity contribution in [2.45, 2.75) is 6.36 Å². The van der Waals surface area contributed by atoms with E-state index >= 15 is 0 Å². The molecule has 1 radical (unpaired) electrons. The van der Waals surface area contributed by atoms with Gasteiger partial charge in [-0.15, -0.1) is 13.2 Å². The molecule has 2 aromatic heterocycles. The predicted molar refractivity (Wildman–Crippen MR) is 74.0 cm³/mol. The summed E-state index contributed by atoms with van der Waals surface area (Å²) in [5.74, 6) is -0.171. The van der Waals surface area contributed by atoms with Gasteiger partial charge in [-0.1, -0.05) is 12.1 Å². The van der Waals surface area contributed by atoms with Crippen molar-refractivity contribution in [3.05, 3.63) is 55.2 Å². The van der Waals surface area contributed by atoms with Crippen LogP contribution >= 0.6 is 0 Å². The second kappa shape index (κ2) is 5.99. The molecule has 0 aliphatic heterocycles. The van der Waals surface area contributed by atoms with E-state index in [0.717, 1.165) is 0 Å². The second-order valence-electron chi connectivity index (χ2n) is 4.33. The van der Waals surface area contributed by atoms with E-state index in [1.165, 1.54) is 43.0 Å². The Kier molecular flexibility index (Phi) is 3.88. The smallest absolute Gasteiger partial charge is 0.405 e. The molecule has 0 aliphatic carbocycles. The van der Waals surface area contributed by atoms with Gasteiger partial charge in [0.25, 0.3) is 0 Å². The maximum Gasteiger partial charge on any atom is 0.573 e. The summed E-state index contributed by atoms with van der Waals surface area (Å²) in [6, 6.07) is 7.20. The van der Waals surface area contributed by atoms with Crippen molar-refractivity contribution >= 4 is 0 Å². The molecule has 0 saturated carbocycles. The molecule has 2 heterocycles. The average molecular weight is 317 g/mol. The first-order chi connectivity index (χ1) is 11.0. The molecule has 23 heavy (non-hydrogen) atoms. The lowest BCUT2D eigenvalue weighted by atomic mass is 10.0. The van der Waals surface area contributed by atoms with Crippen LogP contribution in [0.3, 0.4) is 0 Å². The van der Waals surface area contributed by atoms with E-state index in [1.54, 1.807) is 6.07 Å². The third kappa shape index (κ3) is 3.42. The van der Waals surface area contributed by atoms with Crippen molar-refractivity contribution < 1.29 is 17.9 Å². The van der Waals surface area contributed by atoms with Gasteiger partial charge in [0, 0.05) is 18.0 Å². The summed E-state index contributed by atoms with van der Waals surface area (Å²) in [6.45, 7) is 0. The molecule has 0 N–H and O–H groups in total. The number of benzene rings is 1. The molecule has 3 rings (SSSR count). The molecule has 115 valence electrons. The van der Waals surface area contributed by atoms with Crippen LogP contribution in [0.5, 0.6) is 5.75 Å². The number of ether oxygens (including phenoxy) is 1. The molecule has 5 nitrogen and oxygen atoms in total. The van der Waals surface area contributed by atoms with Crippen LogP contribution in [0.15, 0.2) is 49.1 Å². The molecule has 3 aromatic rings. The van der Waals surface area contributed by atoms with Crippen LogP contribution in [0, 0.1) is 6.20 Å². The number of alkyl halides is 3. The van der Waals surface area contributed by atoms with Gasteiger partial charge in [-0.05, 0) is 18.2 Å². The quantitative estimate of drug-likeness (QED) is 0.742. The maximum atomic E-state index is 12.7. The third-order valence-corrected chi connectivity index (χ3v) is 2.85. The summed E-state index contributed by atoms with van der Waals surface area (Å²) < 4.78 is 42.2. The van der Waals surface area contributed by atoms with E-state index in [4.69, 9.17) is 0 Å². The van der Waals surface area contributed by atoms with Gasteiger partial charge in [-0.3, -0.25) is 0 Å². The Morgan fingerprint density at radius 3 is 2.57 bits per heavy atom. The number of hydrogen-bond acceptors (Lipinski definition) is 5. The van der Waals surface area contributed by atoms with Crippen molar-refractivity contribution in [1.29, 1.82) is 0 Å². The standard InChI is InChI=1S/C15H8F3N4O/c16-15(17,18)23-12-4-1-3-10(14-20-6-2-7-21-14)13(12)11-5-8-19-9-22-11/h1-6,8-9H. The number of nitrogens with zero attached hydrogens (tertiary/aromatic N) is 4. The van der Waals surface area contributed by atoms with Gasteiger partial charge in [-0.25, -0.2) is 19.9 Å². The van der Waals surface area contributed by atoms with Gasteiger partial charge in [0.1, 0.15) is 12.1 Å². The summed E-state index contributed by atoms with van der Waals surface area (Å²) in [4.78, 5) is 15.8. The Labute approximate surface area is 128 Å². The molecule has 0 aliphatic rings. The average Bonchev–Trinajstić information content (AvgIpc) is 2.55. The van der Waals surface area contributed by atoms with Crippen LogP contribution in [0.2, 0.25) is 0 Å². The van der Waals surface area contributed by atoms with Crippen LogP contribution in [-0.4, -0.2) is 26.3 Å². The van der Waals surface area contributed by atoms with Crippen molar-refractivity contribution in [2.75, 3.05) is 0 Å². The van der Waals surface area contributed by atoms with E-state index in [1.807, 2.05) is 0 Å². The number of rotatable bonds is 3. The van der Waals surface area contributed by atoms with Gasteiger partial charge in [0.2, 0.25) is 0 Å². The molecule has 0 unspecified atom stereocenters. The normalized spacial score (nSPS) is 11.3. The zero-order valence-corrected chi connectivity index (χ0v) is 11.4. The van der Waals surface area contributed by atoms with Gasteiger partial charge >= 0.3 is 6.36 Å². The number of halogens is 3. The van der Waals surface area contributed by atoms with Crippen LogP contribution in [0.4, 0.5) is 13.2 Å². The molecular weight excluding hydrogens is 309 g/mol. The lowest BCUT2D eigenvalue weighted by molar-refractivity contribution is -0.274. The van der Waals surface area contributed by atoms with Crippen molar-refractivity contribution in [3.63, 3.8) is 0 Å². The molecule has 0 saturated heterocycles. The Balaban J connectivity index is 2.22. The minimum atomic E-state index is -4.83. The fraction of sp³-hybridized carbons (Fsp3) is 0.0667. The monoisotopic (exact) mass is 317 g/mol. The molecule has 0 fully saturated rings. The molecule has 0 amide bonds. The van der Waals surface area contributed by atoms with Crippen LogP contribution < -0.4 is 4.74 Å². The van der Waals surface area contributed by atoms with E-state index in [0.29, 0.717) is 5.56 Å². The van der Waals surface area contributed by atoms with Gasteiger partial charge in [0.15, 0.2) is 5.82 Å². The van der Waals surface area contributed by atoms with Gasteiger partial charge in [-0.2, -0.15) is 0 Å². The maximum absolute atomic E-state index is 12.7. The molecule has 1 aromatic carbocycles. The van der Waals surface area contributed by atoms with E-state index in [2.05, 4.69) is 30.9 Å². The SMILES string of the molecule is FC(F)(F)Oc1cccc(-c2n[c]ccn2)c1-c1ccncn1. The highest BCUT2D eigenvalue weighted by Crippen LogP contribution is 2.38. The highest BCUT2D eigenvalue weighted by atomic mass is 19.4. The molecule has 8 heteroatoms. The fourth-order valence-corrected chi connectivity index (χ4v) is 2.03. The zero-order chi connectivity index (χ0) is 16.3. The first-order valence-electron chi connectivity index (χ1n) is 6.39. The minimum Gasteiger partial charge on any atom is -0.405 e. The Hall–Kier alpha value is -3.03. The number of hydrogen-bond donors (Lipinski definition) is 0. The van der Waals surface area contributed by atoms with Crippen molar-refractivity contribution in [2.24, 2.45) is 0 Å². The lowest BCUT2D eigenvalue weighted by Gasteiger charge is -2.15. The van der Waals surface area contributed by atoms with Crippen molar-refractivity contribution in [1.82, 2.24) is 19.9 Å². The predicted octanol–water partition coefficient (Wildman–Crippen LogP) is 3.30. The Bertz CT molecular complexity index is 795. The van der Waals surface area contributed by atoms with E-state index in [-0.39, 0.29) is 22.8 Å². The van der Waals surface area contributed by atoms with Crippen LogP contribution in [-0.2, 0) is 0 Å². The Morgan fingerprint density at radius 2 is 1.91 bits per heavy atom. The lowest BCUT2D eigenvalue weighted by Crippen LogP contribution is -2.18. The summed E-state index contributed by atoms with van der Waals surface area (Å²) in [5, 5.41) is 0. The largest absolute Gasteiger partial charge is 0.573 e. The molecule has 0 atom stereocenters. The van der Waals surface area contributed by atoms with Crippen molar-refractivity contribution in [3.8, 4) is 28.4 Å². The van der Waals surface area contributed by atoms with E-state index < -0.39 is 6.36 Å². The fourth-order valence-electron chi connectivity index (χ4n) is 2.03. The minimum absolute atomic E-state index is 0.131. The summed E-state index contributed by atoms with van der Waals surface area (Å²) in [6.07, 6.45) is 1.88. The zero-order valence-electron chi connectivity index (χ0n) is 11.4. The van der Waals surface area contributed by atoms with Gasteiger partial charge in [0.05, 0.1) is 17.5 Å². The summed E-state index contributed by atoms with van der Waals surface area (Å²) in [7, 11) is 0. The second-order valence-corrected chi connectivity index (χ2v) is 4.33. The third-order valence-electron chi connectivity index (χ3n) is 2.85.